The van der Waals surface area contributed by atoms with E-state index in [1.807, 2.05) is 53.4 Å². The van der Waals surface area contributed by atoms with E-state index < -0.39 is 0 Å². The predicted octanol–water partition coefficient (Wildman–Crippen LogP) is 2.98. The zero-order valence-electron chi connectivity index (χ0n) is 10.6. The van der Waals surface area contributed by atoms with Gasteiger partial charge in [0.1, 0.15) is 0 Å². The molecule has 2 radical (unpaired) electrons. The second-order valence-corrected chi connectivity index (χ2v) is 4.74. The van der Waals surface area contributed by atoms with Crippen molar-refractivity contribution in [1.82, 2.24) is 0 Å². The summed E-state index contributed by atoms with van der Waals surface area (Å²) in [6, 6.07) is 19.9. The van der Waals surface area contributed by atoms with Crippen molar-refractivity contribution in [2.75, 3.05) is 4.90 Å². The number of benzene rings is 2. The van der Waals surface area contributed by atoms with Crippen LogP contribution in [-0.4, -0.2) is 13.8 Å². The van der Waals surface area contributed by atoms with Crippen LogP contribution in [0.4, 0.5) is 5.69 Å². The van der Waals surface area contributed by atoms with Crippen LogP contribution in [-0.2, 0) is 4.79 Å². The molecule has 0 spiro atoms. The van der Waals surface area contributed by atoms with E-state index >= 15 is 0 Å². The maximum Gasteiger partial charge on any atom is 0.232 e. The van der Waals surface area contributed by atoms with E-state index in [0.717, 1.165) is 11.3 Å². The summed E-state index contributed by atoms with van der Waals surface area (Å²) >= 11 is 0. The Morgan fingerprint density at radius 1 is 0.947 bits per heavy atom. The normalized spacial score (nSPS) is 22.1. The van der Waals surface area contributed by atoms with Crippen molar-refractivity contribution in [3.05, 3.63) is 66.2 Å². The molecule has 0 N–H and O–H groups in total. The van der Waals surface area contributed by atoms with Gasteiger partial charge in [0.15, 0.2) is 0 Å². The minimum atomic E-state index is -0.109. The third-order valence-corrected chi connectivity index (χ3v) is 3.64. The van der Waals surface area contributed by atoms with Crippen LogP contribution in [0.15, 0.2) is 60.7 Å². The molecular formula is C16H14BNO. The highest BCUT2D eigenvalue weighted by Crippen LogP contribution is 2.44. The maximum atomic E-state index is 12.2. The zero-order chi connectivity index (χ0) is 13.2. The lowest BCUT2D eigenvalue weighted by Crippen LogP contribution is -2.55. The molecule has 1 fully saturated rings. The van der Waals surface area contributed by atoms with Crippen LogP contribution in [0.2, 0.25) is 6.32 Å². The fourth-order valence-electron chi connectivity index (χ4n) is 2.69. The quantitative estimate of drug-likeness (QED) is 0.603. The highest BCUT2D eigenvalue weighted by Gasteiger charge is 2.47. The number of nitrogens with zero attached hydrogens (tertiary/aromatic N) is 1. The summed E-state index contributed by atoms with van der Waals surface area (Å²) in [5.41, 5.74) is 2.08. The minimum absolute atomic E-state index is 0.0566. The number of rotatable bonds is 3. The van der Waals surface area contributed by atoms with E-state index in [0.29, 0.717) is 6.32 Å². The maximum absolute atomic E-state index is 12.2. The van der Waals surface area contributed by atoms with Crippen molar-refractivity contribution in [1.29, 1.82) is 0 Å². The zero-order valence-corrected chi connectivity index (χ0v) is 10.6. The molecule has 3 rings (SSSR count). The number of carbonyl (C=O) groups excluding carboxylic acids is 1. The molecule has 92 valence electrons. The molecule has 1 heterocycles. The van der Waals surface area contributed by atoms with Crippen molar-refractivity contribution < 1.29 is 4.79 Å². The molecule has 2 atom stereocenters. The van der Waals surface area contributed by atoms with E-state index in [4.69, 9.17) is 7.85 Å². The standard InChI is InChI=1S/C16H14BNO/c17-11-14-15(12-7-3-1-4-8-12)18(16(14)19)13-9-5-2-6-10-13/h1-10,14-15H,11H2/t14-,15+/m1/s1. The van der Waals surface area contributed by atoms with E-state index in [-0.39, 0.29) is 17.9 Å². The second kappa shape index (κ2) is 4.92. The van der Waals surface area contributed by atoms with Crippen molar-refractivity contribution >= 4 is 19.4 Å². The van der Waals surface area contributed by atoms with Gasteiger partial charge in [-0.2, -0.15) is 0 Å². The van der Waals surface area contributed by atoms with Crippen molar-refractivity contribution in [2.24, 2.45) is 5.92 Å². The molecule has 0 aromatic heterocycles. The summed E-state index contributed by atoms with van der Waals surface area (Å²) in [5.74, 6) is 0.00478. The summed E-state index contributed by atoms with van der Waals surface area (Å²) in [6.07, 6.45) is 0.391. The highest BCUT2D eigenvalue weighted by molar-refractivity contribution is 6.14. The van der Waals surface area contributed by atoms with Gasteiger partial charge in [-0.25, -0.2) is 0 Å². The van der Waals surface area contributed by atoms with Crippen molar-refractivity contribution in [3.63, 3.8) is 0 Å². The topological polar surface area (TPSA) is 20.3 Å². The third-order valence-electron chi connectivity index (χ3n) is 3.64. The van der Waals surface area contributed by atoms with Crippen LogP contribution in [0, 0.1) is 5.92 Å². The first-order valence-electron chi connectivity index (χ1n) is 6.46. The molecule has 2 aromatic carbocycles. The van der Waals surface area contributed by atoms with E-state index in [9.17, 15) is 4.79 Å². The average Bonchev–Trinajstić information content (AvgIpc) is 2.47. The molecule has 19 heavy (non-hydrogen) atoms. The Balaban J connectivity index is 1.98. The molecule has 0 unspecified atom stereocenters. The number of hydrogen-bond donors (Lipinski definition) is 0. The lowest BCUT2D eigenvalue weighted by atomic mass is 9.74. The minimum Gasteiger partial charge on any atom is -0.304 e. The smallest absolute Gasteiger partial charge is 0.232 e. The Bertz CT molecular complexity index is 570. The largest absolute Gasteiger partial charge is 0.304 e. The Hall–Kier alpha value is -2.03. The van der Waals surface area contributed by atoms with Gasteiger partial charge in [0, 0.05) is 5.69 Å². The van der Waals surface area contributed by atoms with Crippen LogP contribution in [0.3, 0.4) is 0 Å². The lowest BCUT2D eigenvalue weighted by Gasteiger charge is -2.47. The summed E-state index contributed by atoms with van der Waals surface area (Å²) in [7, 11) is 5.74. The lowest BCUT2D eigenvalue weighted by molar-refractivity contribution is -0.129. The van der Waals surface area contributed by atoms with Crippen LogP contribution < -0.4 is 4.90 Å². The molecule has 1 saturated heterocycles. The Morgan fingerprint density at radius 3 is 2.11 bits per heavy atom. The van der Waals surface area contributed by atoms with Gasteiger partial charge in [-0.1, -0.05) is 54.9 Å². The molecule has 0 saturated carbocycles. The first kappa shape index (κ1) is 12.0. The molecule has 2 nitrogen and oxygen atoms in total. The van der Waals surface area contributed by atoms with Crippen LogP contribution >= 0.6 is 0 Å². The molecule has 1 amide bonds. The predicted molar refractivity (Wildman–Crippen MR) is 77.2 cm³/mol. The van der Waals surface area contributed by atoms with E-state index in [1.165, 1.54) is 0 Å². The molecular weight excluding hydrogens is 233 g/mol. The molecule has 2 aromatic rings. The van der Waals surface area contributed by atoms with Gasteiger partial charge in [-0.05, 0) is 17.7 Å². The third kappa shape index (κ3) is 1.95. The Morgan fingerprint density at radius 2 is 1.53 bits per heavy atom. The van der Waals surface area contributed by atoms with E-state index in [1.54, 1.807) is 0 Å². The number of anilines is 1. The number of β-lactam (4-membered cyclic amide) rings is 1. The summed E-state index contributed by atoms with van der Waals surface area (Å²) in [6.45, 7) is 0. The van der Waals surface area contributed by atoms with Gasteiger partial charge in [0.25, 0.3) is 0 Å². The first-order valence-corrected chi connectivity index (χ1v) is 6.46. The Labute approximate surface area is 114 Å². The molecule has 1 aliphatic rings. The molecule has 3 heteroatoms. The fourth-order valence-corrected chi connectivity index (χ4v) is 2.69. The van der Waals surface area contributed by atoms with Crippen LogP contribution in [0.25, 0.3) is 0 Å². The summed E-state index contributed by atoms with van der Waals surface area (Å²) in [5, 5.41) is 0. The van der Waals surface area contributed by atoms with Gasteiger partial charge in [0.2, 0.25) is 5.91 Å². The number of hydrogen-bond acceptors (Lipinski definition) is 1. The van der Waals surface area contributed by atoms with E-state index in [2.05, 4.69) is 12.1 Å². The number of carbonyl (C=O) groups is 1. The highest BCUT2D eigenvalue weighted by atomic mass is 16.2. The monoisotopic (exact) mass is 247 g/mol. The van der Waals surface area contributed by atoms with Crippen LogP contribution in [0.1, 0.15) is 11.6 Å². The first-order chi connectivity index (χ1) is 9.33. The molecule has 0 bridgehead atoms. The van der Waals surface area contributed by atoms with Crippen molar-refractivity contribution in [2.45, 2.75) is 12.4 Å². The van der Waals surface area contributed by atoms with Crippen molar-refractivity contribution in [3.8, 4) is 0 Å². The number of para-hydroxylation sites is 1. The average molecular weight is 247 g/mol. The van der Waals surface area contributed by atoms with Gasteiger partial charge < -0.3 is 4.90 Å². The SMILES string of the molecule is [B]C[C@H]1C(=O)N(c2ccccc2)[C@H]1c1ccccc1. The summed E-state index contributed by atoms with van der Waals surface area (Å²) < 4.78 is 0. The summed E-state index contributed by atoms with van der Waals surface area (Å²) in [4.78, 5) is 14.1. The Kier molecular flexibility index (Phi) is 3.12. The van der Waals surface area contributed by atoms with Gasteiger partial charge in [0.05, 0.1) is 19.8 Å². The second-order valence-electron chi connectivity index (χ2n) is 4.74. The van der Waals surface area contributed by atoms with Gasteiger partial charge in [-0.3, -0.25) is 4.79 Å². The van der Waals surface area contributed by atoms with Gasteiger partial charge in [-0.15, -0.1) is 0 Å². The van der Waals surface area contributed by atoms with Crippen LogP contribution in [0.5, 0.6) is 0 Å². The molecule has 0 aliphatic carbocycles. The molecule has 1 aliphatic heterocycles. The number of amides is 1. The van der Waals surface area contributed by atoms with Gasteiger partial charge >= 0.3 is 0 Å². The fraction of sp³-hybridized carbons (Fsp3) is 0.188.